The van der Waals surface area contributed by atoms with Crippen molar-refractivity contribution in [3.8, 4) is 5.75 Å². The molecule has 2 unspecified atom stereocenters. The summed E-state index contributed by atoms with van der Waals surface area (Å²) >= 11 is 6.46. The second-order valence-corrected chi connectivity index (χ2v) is 8.04. The van der Waals surface area contributed by atoms with Crippen LogP contribution < -0.4 is 10.1 Å². The maximum absolute atomic E-state index is 12.7. The summed E-state index contributed by atoms with van der Waals surface area (Å²) < 4.78 is 5.49. The second-order valence-electron chi connectivity index (χ2n) is 7.63. The van der Waals surface area contributed by atoms with Gasteiger partial charge in [-0.05, 0) is 48.2 Å². The fourth-order valence-electron chi connectivity index (χ4n) is 3.91. The van der Waals surface area contributed by atoms with E-state index in [0.717, 1.165) is 22.4 Å². The lowest BCUT2D eigenvalue weighted by molar-refractivity contribution is -0.0324. The molecule has 0 radical (unpaired) electrons. The molecule has 1 aliphatic rings. The smallest absolute Gasteiger partial charge is 0.318 e. The largest absolute Gasteiger partial charge is 0.494 e. The Hall–Kier alpha value is -2.54. The van der Waals surface area contributed by atoms with Gasteiger partial charge in [-0.15, -0.1) is 6.58 Å². The third-order valence-electron chi connectivity index (χ3n) is 5.32. The number of aliphatic hydroxyl groups excluding tert-OH is 2. The highest BCUT2D eigenvalue weighted by molar-refractivity contribution is 6.31. The van der Waals surface area contributed by atoms with Crippen LogP contribution in [0.4, 0.5) is 4.79 Å². The van der Waals surface area contributed by atoms with Crippen molar-refractivity contribution in [2.24, 2.45) is 0 Å². The van der Waals surface area contributed by atoms with Gasteiger partial charge in [-0.3, -0.25) is 0 Å². The van der Waals surface area contributed by atoms with E-state index >= 15 is 0 Å². The Kier molecular flexibility index (Phi) is 7.96. The third kappa shape index (κ3) is 5.79. The minimum Gasteiger partial charge on any atom is -0.494 e. The van der Waals surface area contributed by atoms with Crippen molar-refractivity contribution in [3.63, 3.8) is 0 Å². The summed E-state index contributed by atoms with van der Waals surface area (Å²) in [5.41, 5.74) is 2.74. The van der Waals surface area contributed by atoms with Crippen molar-refractivity contribution < 1.29 is 19.7 Å². The predicted octanol–water partition coefficient (Wildman–Crippen LogP) is 3.69. The van der Waals surface area contributed by atoms with Crippen LogP contribution in [0.15, 0.2) is 55.1 Å². The minimum absolute atomic E-state index is 0.140. The Bertz CT molecular complexity index is 903. The van der Waals surface area contributed by atoms with Gasteiger partial charge in [0.15, 0.2) is 0 Å². The molecule has 3 rings (SSSR count). The molecule has 1 heterocycles. The fraction of sp³-hybridized carbons (Fsp3) is 0.375. The van der Waals surface area contributed by atoms with E-state index in [0.29, 0.717) is 24.6 Å². The van der Waals surface area contributed by atoms with Gasteiger partial charge in [0.1, 0.15) is 5.75 Å². The standard InChI is InChI=1S/C24H29ClN2O4/c1-3-11-26-24(30)27-15-19(28)14-22(29)23(27)17-7-10-21(25)18(13-17)12-16-5-8-20(9-6-16)31-4-2/h3,5-10,13,19,22-23,28-29H,1,4,11-12,14-15H2,2H3,(H,26,30)/t19?,22?,23-/m0/s1. The molecule has 0 aromatic heterocycles. The number of hydrogen-bond donors (Lipinski definition) is 3. The summed E-state index contributed by atoms with van der Waals surface area (Å²) in [5.74, 6) is 0.816. The summed E-state index contributed by atoms with van der Waals surface area (Å²) in [4.78, 5) is 14.1. The maximum atomic E-state index is 12.7. The zero-order valence-electron chi connectivity index (χ0n) is 17.6. The number of carbonyl (C=O) groups excluding carboxylic acids is 1. The van der Waals surface area contributed by atoms with Crippen molar-refractivity contribution in [2.45, 2.75) is 38.0 Å². The zero-order valence-corrected chi connectivity index (χ0v) is 18.4. The van der Waals surface area contributed by atoms with Crippen LogP contribution >= 0.6 is 11.6 Å². The molecule has 1 fully saturated rings. The van der Waals surface area contributed by atoms with Gasteiger partial charge >= 0.3 is 6.03 Å². The highest BCUT2D eigenvalue weighted by atomic mass is 35.5. The van der Waals surface area contributed by atoms with E-state index in [1.165, 1.54) is 4.90 Å². The van der Waals surface area contributed by atoms with Crippen molar-refractivity contribution in [3.05, 3.63) is 76.8 Å². The van der Waals surface area contributed by atoms with Crippen molar-refractivity contribution in [2.75, 3.05) is 19.7 Å². The van der Waals surface area contributed by atoms with E-state index in [1.54, 1.807) is 12.1 Å². The average Bonchev–Trinajstić information content (AvgIpc) is 2.75. The average molecular weight is 445 g/mol. The number of piperidine rings is 1. The van der Waals surface area contributed by atoms with Crippen LogP contribution in [0.1, 0.15) is 36.1 Å². The molecule has 0 spiro atoms. The Morgan fingerprint density at radius 3 is 2.71 bits per heavy atom. The Morgan fingerprint density at radius 1 is 1.29 bits per heavy atom. The van der Waals surface area contributed by atoms with Gasteiger partial charge in [0, 0.05) is 24.5 Å². The first-order valence-corrected chi connectivity index (χ1v) is 10.8. The molecule has 31 heavy (non-hydrogen) atoms. The Morgan fingerprint density at radius 2 is 2.03 bits per heavy atom. The number of benzene rings is 2. The number of carbonyl (C=O) groups is 1. The molecule has 2 amide bonds. The Balaban J connectivity index is 1.86. The summed E-state index contributed by atoms with van der Waals surface area (Å²) in [6.45, 7) is 6.61. The molecule has 2 aromatic rings. The number of likely N-dealkylation sites (tertiary alicyclic amines) is 1. The third-order valence-corrected chi connectivity index (χ3v) is 5.69. The molecule has 7 heteroatoms. The quantitative estimate of drug-likeness (QED) is 0.569. The van der Waals surface area contributed by atoms with Crippen LogP contribution in [-0.4, -0.2) is 53.0 Å². The molecule has 0 saturated carbocycles. The first-order chi connectivity index (χ1) is 14.9. The molecule has 166 valence electrons. The van der Waals surface area contributed by atoms with E-state index in [4.69, 9.17) is 16.3 Å². The lowest BCUT2D eigenvalue weighted by atomic mass is 9.90. The molecule has 1 aliphatic heterocycles. The molecule has 6 nitrogen and oxygen atoms in total. The number of β-amino-alcohol motifs (C(OH)–C–C–N with tert-alkyl or cyclic N) is 1. The summed E-state index contributed by atoms with van der Waals surface area (Å²) in [5, 5.41) is 24.2. The Labute approximate surface area is 188 Å². The van der Waals surface area contributed by atoms with E-state index in [1.807, 2.05) is 43.3 Å². The molecule has 0 bridgehead atoms. The molecular formula is C24H29ClN2O4. The SMILES string of the molecule is C=CCNC(=O)N1CC(O)CC(O)[C@@H]1c1ccc(Cl)c(Cc2ccc(OCC)cc2)c1. The predicted molar refractivity (Wildman–Crippen MR) is 122 cm³/mol. The summed E-state index contributed by atoms with van der Waals surface area (Å²) in [7, 11) is 0. The monoisotopic (exact) mass is 444 g/mol. The van der Waals surface area contributed by atoms with Crippen LogP contribution in [0.5, 0.6) is 5.75 Å². The van der Waals surface area contributed by atoms with Crippen LogP contribution in [0.3, 0.4) is 0 Å². The number of nitrogens with one attached hydrogen (secondary N) is 1. The van der Waals surface area contributed by atoms with E-state index < -0.39 is 18.2 Å². The summed E-state index contributed by atoms with van der Waals surface area (Å²) in [6.07, 6.45) is 0.718. The van der Waals surface area contributed by atoms with Crippen molar-refractivity contribution >= 4 is 17.6 Å². The number of halogens is 1. The number of ether oxygens (including phenoxy) is 1. The molecular weight excluding hydrogens is 416 g/mol. The van der Waals surface area contributed by atoms with Crippen molar-refractivity contribution in [1.29, 1.82) is 0 Å². The number of nitrogens with zero attached hydrogens (tertiary/aromatic N) is 1. The van der Waals surface area contributed by atoms with Gasteiger partial charge < -0.3 is 25.2 Å². The second kappa shape index (κ2) is 10.7. The van der Waals surface area contributed by atoms with Crippen LogP contribution in [0, 0.1) is 0 Å². The first kappa shape index (κ1) is 23.1. The van der Waals surface area contributed by atoms with E-state index in [9.17, 15) is 15.0 Å². The topological polar surface area (TPSA) is 82.0 Å². The first-order valence-electron chi connectivity index (χ1n) is 10.4. The normalized spacial score (nSPS) is 20.9. The maximum Gasteiger partial charge on any atom is 0.318 e. The minimum atomic E-state index is -0.891. The molecule has 0 aliphatic carbocycles. The van der Waals surface area contributed by atoms with Gasteiger partial charge in [-0.2, -0.15) is 0 Å². The lowest BCUT2D eigenvalue weighted by Gasteiger charge is -2.41. The number of aliphatic hydroxyl groups is 2. The van der Waals surface area contributed by atoms with Crippen LogP contribution in [0.2, 0.25) is 5.02 Å². The van der Waals surface area contributed by atoms with E-state index in [-0.39, 0.29) is 19.0 Å². The highest BCUT2D eigenvalue weighted by Crippen LogP contribution is 2.34. The number of hydrogen-bond acceptors (Lipinski definition) is 4. The van der Waals surface area contributed by atoms with Gasteiger partial charge in [-0.25, -0.2) is 4.79 Å². The van der Waals surface area contributed by atoms with E-state index in [2.05, 4.69) is 11.9 Å². The molecule has 3 atom stereocenters. The van der Waals surface area contributed by atoms with Gasteiger partial charge in [-0.1, -0.05) is 41.9 Å². The molecule has 2 aromatic carbocycles. The zero-order chi connectivity index (χ0) is 22.4. The van der Waals surface area contributed by atoms with Crippen LogP contribution in [0.25, 0.3) is 0 Å². The van der Waals surface area contributed by atoms with Gasteiger partial charge in [0.05, 0.1) is 24.9 Å². The fourth-order valence-corrected chi connectivity index (χ4v) is 4.09. The lowest BCUT2D eigenvalue weighted by Crippen LogP contribution is -2.53. The van der Waals surface area contributed by atoms with Gasteiger partial charge in [0.25, 0.3) is 0 Å². The summed E-state index contributed by atoms with van der Waals surface area (Å²) in [6, 6.07) is 12.4. The number of urea groups is 1. The van der Waals surface area contributed by atoms with Crippen LogP contribution in [-0.2, 0) is 6.42 Å². The van der Waals surface area contributed by atoms with Gasteiger partial charge in [0.2, 0.25) is 0 Å². The molecule has 3 N–H and O–H groups in total. The number of rotatable bonds is 7. The molecule has 1 saturated heterocycles. The highest BCUT2D eigenvalue weighted by Gasteiger charge is 2.38. The van der Waals surface area contributed by atoms with Crippen molar-refractivity contribution in [1.82, 2.24) is 10.2 Å². The number of amides is 2.